The zero-order valence-corrected chi connectivity index (χ0v) is 12.8. The van der Waals surface area contributed by atoms with Crippen LogP contribution in [-0.4, -0.2) is 29.0 Å². The molecule has 0 atom stereocenters. The zero-order valence-electron chi connectivity index (χ0n) is 11.2. The molecule has 0 aliphatic carbocycles. The summed E-state index contributed by atoms with van der Waals surface area (Å²) in [7, 11) is 0. The lowest BCUT2D eigenvalue weighted by molar-refractivity contribution is 0.186. The summed E-state index contributed by atoms with van der Waals surface area (Å²) in [4.78, 5) is 18.4. The number of piperidine rings is 1. The van der Waals surface area contributed by atoms with Crippen molar-refractivity contribution in [3.63, 3.8) is 0 Å². The first-order chi connectivity index (χ1) is 9.61. The Labute approximate surface area is 126 Å². The topological polar surface area (TPSA) is 45.2 Å². The number of benzene rings is 1. The average Bonchev–Trinajstić information content (AvgIpc) is 2.80. The molecule has 0 spiro atoms. The van der Waals surface area contributed by atoms with Crippen LogP contribution >= 0.6 is 22.9 Å². The number of likely N-dealkylation sites (tertiary alicyclic amines) is 1. The van der Waals surface area contributed by atoms with E-state index in [9.17, 15) is 4.79 Å². The fourth-order valence-corrected chi connectivity index (χ4v) is 3.47. The van der Waals surface area contributed by atoms with Crippen LogP contribution in [0, 0.1) is 5.92 Å². The maximum Gasteiger partial charge on any atom is 0.323 e. The molecule has 1 N–H and O–H groups in total. The van der Waals surface area contributed by atoms with Gasteiger partial charge in [0.15, 0.2) is 5.13 Å². The average molecular weight is 310 g/mol. The van der Waals surface area contributed by atoms with E-state index >= 15 is 0 Å². The van der Waals surface area contributed by atoms with Gasteiger partial charge in [-0.15, -0.1) is 0 Å². The first kappa shape index (κ1) is 13.6. The molecule has 1 saturated heterocycles. The number of carbonyl (C=O) groups excluding carboxylic acids is 1. The number of hydrogen-bond donors (Lipinski definition) is 1. The monoisotopic (exact) mass is 309 g/mol. The van der Waals surface area contributed by atoms with E-state index in [0.717, 1.165) is 36.1 Å². The highest BCUT2D eigenvalue weighted by Crippen LogP contribution is 2.28. The molecule has 1 fully saturated rings. The van der Waals surface area contributed by atoms with Crippen molar-refractivity contribution in [3.8, 4) is 0 Å². The van der Waals surface area contributed by atoms with Gasteiger partial charge in [0, 0.05) is 18.1 Å². The normalized spacial score (nSPS) is 16.6. The van der Waals surface area contributed by atoms with E-state index in [-0.39, 0.29) is 6.03 Å². The first-order valence-corrected chi connectivity index (χ1v) is 7.93. The molecule has 1 aliphatic rings. The molecule has 106 valence electrons. The Morgan fingerprint density at radius 2 is 2.20 bits per heavy atom. The van der Waals surface area contributed by atoms with Crippen LogP contribution in [0.25, 0.3) is 10.2 Å². The number of hydrogen-bond acceptors (Lipinski definition) is 3. The molecular weight excluding hydrogens is 294 g/mol. The molecule has 1 aromatic carbocycles. The Balaban J connectivity index is 1.71. The summed E-state index contributed by atoms with van der Waals surface area (Å²) in [5.74, 6) is 0.712. The third-order valence-electron chi connectivity index (χ3n) is 3.64. The number of urea groups is 1. The molecule has 2 heterocycles. The van der Waals surface area contributed by atoms with E-state index in [1.165, 1.54) is 11.3 Å². The SMILES string of the molecule is CC1CCN(C(=O)Nc2nc3ccc(Cl)cc3s2)CC1. The zero-order chi connectivity index (χ0) is 14.1. The van der Waals surface area contributed by atoms with Gasteiger partial charge in [-0.05, 0) is 37.0 Å². The Bertz CT molecular complexity index is 634. The number of rotatable bonds is 1. The van der Waals surface area contributed by atoms with Crippen LogP contribution in [0.2, 0.25) is 5.02 Å². The van der Waals surface area contributed by atoms with Gasteiger partial charge in [0.05, 0.1) is 10.2 Å². The number of fused-ring (bicyclic) bond motifs is 1. The lowest BCUT2D eigenvalue weighted by atomic mass is 10.00. The standard InChI is InChI=1S/C14H16ClN3OS/c1-9-4-6-18(7-5-9)14(19)17-13-16-11-3-2-10(15)8-12(11)20-13/h2-3,8-9H,4-7H2,1H3,(H,16,17,19). The van der Waals surface area contributed by atoms with Crippen LogP contribution in [0.1, 0.15) is 19.8 Å². The number of amides is 2. The minimum atomic E-state index is -0.0537. The quantitative estimate of drug-likeness (QED) is 0.857. The van der Waals surface area contributed by atoms with Gasteiger partial charge in [0.25, 0.3) is 0 Å². The van der Waals surface area contributed by atoms with Crippen LogP contribution in [0.15, 0.2) is 18.2 Å². The predicted octanol–water partition coefficient (Wildman–Crippen LogP) is 4.21. The minimum Gasteiger partial charge on any atom is -0.324 e. The summed E-state index contributed by atoms with van der Waals surface area (Å²) in [6, 6.07) is 5.49. The number of nitrogens with zero attached hydrogens (tertiary/aromatic N) is 2. The minimum absolute atomic E-state index is 0.0537. The molecule has 0 unspecified atom stereocenters. The van der Waals surface area contributed by atoms with E-state index in [0.29, 0.717) is 16.1 Å². The maximum absolute atomic E-state index is 12.2. The Morgan fingerprint density at radius 3 is 2.95 bits per heavy atom. The summed E-state index contributed by atoms with van der Waals surface area (Å²) in [5.41, 5.74) is 0.863. The van der Waals surface area contributed by atoms with Gasteiger partial charge in [-0.2, -0.15) is 0 Å². The Morgan fingerprint density at radius 1 is 1.45 bits per heavy atom. The van der Waals surface area contributed by atoms with Gasteiger partial charge in [-0.25, -0.2) is 9.78 Å². The lowest BCUT2D eigenvalue weighted by Crippen LogP contribution is -2.40. The van der Waals surface area contributed by atoms with Gasteiger partial charge >= 0.3 is 6.03 Å². The van der Waals surface area contributed by atoms with Crippen molar-refractivity contribution in [1.82, 2.24) is 9.88 Å². The van der Waals surface area contributed by atoms with Crippen molar-refractivity contribution in [2.75, 3.05) is 18.4 Å². The Hall–Kier alpha value is -1.33. The number of carbonyl (C=O) groups is 1. The largest absolute Gasteiger partial charge is 0.324 e. The van der Waals surface area contributed by atoms with Crippen molar-refractivity contribution < 1.29 is 4.79 Å². The highest BCUT2D eigenvalue weighted by molar-refractivity contribution is 7.22. The van der Waals surface area contributed by atoms with Crippen molar-refractivity contribution >= 4 is 44.3 Å². The van der Waals surface area contributed by atoms with Crippen molar-refractivity contribution in [3.05, 3.63) is 23.2 Å². The van der Waals surface area contributed by atoms with Crippen molar-refractivity contribution in [2.24, 2.45) is 5.92 Å². The number of thiazole rings is 1. The van der Waals surface area contributed by atoms with E-state index in [2.05, 4.69) is 17.2 Å². The van der Waals surface area contributed by atoms with Crippen molar-refractivity contribution in [1.29, 1.82) is 0 Å². The van der Waals surface area contributed by atoms with Gasteiger partial charge in [0.1, 0.15) is 0 Å². The van der Waals surface area contributed by atoms with Crippen LogP contribution < -0.4 is 5.32 Å². The molecule has 2 aromatic rings. The number of aromatic nitrogens is 1. The molecule has 4 nitrogen and oxygen atoms in total. The van der Waals surface area contributed by atoms with Gasteiger partial charge in [-0.1, -0.05) is 29.9 Å². The second-order valence-electron chi connectivity index (χ2n) is 5.23. The predicted molar refractivity (Wildman–Crippen MR) is 83.6 cm³/mol. The maximum atomic E-state index is 12.2. The van der Waals surface area contributed by atoms with Crippen LogP contribution in [-0.2, 0) is 0 Å². The molecule has 0 radical (unpaired) electrons. The summed E-state index contributed by atoms with van der Waals surface area (Å²) in [5, 5.41) is 4.20. The van der Waals surface area contributed by atoms with Crippen LogP contribution in [0.3, 0.4) is 0 Å². The molecule has 3 rings (SSSR count). The molecule has 20 heavy (non-hydrogen) atoms. The Kier molecular flexibility index (Phi) is 3.81. The van der Waals surface area contributed by atoms with Gasteiger partial charge < -0.3 is 4.90 Å². The molecule has 1 aliphatic heterocycles. The van der Waals surface area contributed by atoms with Gasteiger partial charge in [-0.3, -0.25) is 5.32 Å². The third-order valence-corrected chi connectivity index (χ3v) is 4.80. The summed E-state index contributed by atoms with van der Waals surface area (Å²) >= 11 is 7.40. The molecule has 1 aromatic heterocycles. The summed E-state index contributed by atoms with van der Waals surface area (Å²) in [6.45, 7) is 3.87. The van der Waals surface area contributed by atoms with E-state index in [1.54, 1.807) is 6.07 Å². The lowest BCUT2D eigenvalue weighted by Gasteiger charge is -2.29. The number of anilines is 1. The molecule has 2 amide bonds. The summed E-state index contributed by atoms with van der Waals surface area (Å²) < 4.78 is 0.986. The van der Waals surface area contributed by atoms with Crippen LogP contribution in [0.4, 0.5) is 9.93 Å². The molecule has 0 bridgehead atoms. The highest BCUT2D eigenvalue weighted by Gasteiger charge is 2.21. The molecule has 0 saturated carbocycles. The molecule has 6 heteroatoms. The van der Waals surface area contributed by atoms with E-state index in [4.69, 9.17) is 11.6 Å². The second kappa shape index (κ2) is 5.58. The van der Waals surface area contributed by atoms with Gasteiger partial charge in [0.2, 0.25) is 0 Å². The molecular formula is C14H16ClN3OS. The second-order valence-corrected chi connectivity index (χ2v) is 6.70. The smallest absolute Gasteiger partial charge is 0.323 e. The van der Waals surface area contributed by atoms with Crippen LogP contribution in [0.5, 0.6) is 0 Å². The van der Waals surface area contributed by atoms with E-state index in [1.807, 2.05) is 17.0 Å². The highest BCUT2D eigenvalue weighted by atomic mass is 35.5. The third kappa shape index (κ3) is 2.88. The first-order valence-electron chi connectivity index (χ1n) is 6.74. The summed E-state index contributed by atoms with van der Waals surface area (Å²) in [6.07, 6.45) is 2.14. The number of nitrogens with one attached hydrogen (secondary N) is 1. The van der Waals surface area contributed by atoms with Crippen molar-refractivity contribution in [2.45, 2.75) is 19.8 Å². The number of halogens is 1. The van der Waals surface area contributed by atoms with E-state index < -0.39 is 0 Å². The fourth-order valence-electron chi connectivity index (χ4n) is 2.33. The fraction of sp³-hybridized carbons (Fsp3) is 0.429.